The van der Waals surface area contributed by atoms with Gasteiger partial charge in [0.05, 0.1) is 5.60 Å². The van der Waals surface area contributed by atoms with E-state index in [1.165, 1.54) is 0 Å². The van der Waals surface area contributed by atoms with E-state index < -0.39 is 5.60 Å². The highest BCUT2D eigenvalue weighted by Crippen LogP contribution is 2.29. The lowest BCUT2D eigenvalue weighted by atomic mass is 9.96. The van der Waals surface area contributed by atoms with Crippen LogP contribution in [0.2, 0.25) is 0 Å². The molecule has 2 fully saturated rings. The SMILES string of the molecule is CC(C)(C)c1nnc2ccc(N3CC(CNCC4(O)CCCC4)C3)nn12. The number of aliphatic hydroxyl groups is 1. The molecule has 0 aromatic carbocycles. The molecule has 0 amide bonds. The van der Waals surface area contributed by atoms with E-state index in [1.54, 1.807) is 0 Å². The third-order valence-corrected chi connectivity index (χ3v) is 5.62. The first-order chi connectivity index (χ1) is 12.3. The number of hydrogen-bond acceptors (Lipinski definition) is 6. The number of fused-ring (bicyclic) bond motifs is 1. The molecule has 1 aliphatic carbocycles. The lowest BCUT2D eigenvalue weighted by molar-refractivity contribution is 0.0466. The smallest absolute Gasteiger partial charge is 0.178 e. The minimum Gasteiger partial charge on any atom is -0.389 e. The first kappa shape index (κ1) is 17.7. The predicted octanol–water partition coefficient (Wildman–Crippen LogP) is 1.75. The van der Waals surface area contributed by atoms with Crippen LogP contribution in [0, 0.1) is 5.92 Å². The summed E-state index contributed by atoms with van der Waals surface area (Å²) in [4.78, 5) is 2.29. The minimum absolute atomic E-state index is 0.0903. The van der Waals surface area contributed by atoms with Gasteiger partial charge in [-0.15, -0.1) is 15.3 Å². The van der Waals surface area contributed by atoms with Crippen LogP contribution < -0.4 is 10.2 Å². The van der Waals surface area contributed by atoms with Crippen molar-refractivity contribution in [3.63, 3.8) is 0 Å². The zero-order valence-electron chi connectivity index (χ0n) is 16.1. The van der Waals surface area contributed by atoms with Gasteiger partial charge in [0, 0.05) is 37.5 Å². The van der Waals surface area contributed by atoms with E-state index in [9.17, 15) is 5.11 Å². The summed E-state index contributed by atoms with van der Waals surface area (Å²) in [5.74, 6) is 2.48. The van der Waals surface area contributed by atoms with E-state index in [4.69, 9.17) is 5.10 Å². The first-order valence-corrected chi connectivity index (χ1v) is 9.75. The fourth-order valence-electron chi connectivity index (χ4n) is 4.02. The fraction of sp³-hybridized carbons (Fsp3) is 0.737. The molecule has 3 heterocycles. The molecular formula is C19H30N6O. The molecule has 0 radical (unpaired) electrons. The van der Waals surface area contributed by atoms with Gasteiger partial charge >= 0.3 is 0 Å². The normalized spacial score (nSPS) is 20.7. The number of aromatic nitrogens is 4. The molecule has 2 aliphatic rings. The number of hydrogen-bond donors (Lipinski definition) is 2. The molecule has 142 valence electrons. The molecule has 1 saturated heterocycles. The van der Waals surface area contributed by atoms with E-state index in [0.29, 0.717) is 5.92 Å². The average molecular weight is 358 g/mol. The van der Waals surface area contributed by atoms with Crippen LogP contribution in [-0.4, -0.2) is 56.7 Å². The quantitative estimate of drug-likeness (QED) is 0.848. The third-order valence-electron chi connectivity index (χ3n) is 5.62. The molecule has 2 aromatic heterocycles. The molecule has 0 spiro atoms. The van der Waals surface area contributed by atoms with Crippen LogP contribution in [0.1, 0.15) is 52.3 Å². The average Bonchev–Trinajstić information content (AvgIpc) is 3.15. The maximum atomic E-state index is 10.4. The van der Waals surface area contributed by atoms with Crippen LogP contribution in [0.5, 0.6) is 0 Å². The van der Waals surface area contributed by atoms with Crippen molar-refractivity contribution in [1.82, 2.24) is 25.1 Å². The van der Waals surface area contributed by atoms with Gasteiger partial charge in [0.25, 0.3) is 0 Å². The Kier molecular flexibility index (Phi) is 4.39. The Labute approximate surface area is 154 Å². The van der Waals surface area contributed by atoms with Crippen molar-refractivity contribution in [1.29, 1.82) is 0 Å². The molecule has 7 heteroatoms. The van der Waals surface area contributed by atoms with E-state index in [2.05, 4.69) is 41.2 Å². The fourth-order valence-corrected chi connectivity index (χ4v) is 4.02. The molecule has 1 saturated carbocycles. The summed E-state index contributed by atoms with van der Waals surface area (Å²) in [5.41, 5.74) is 0.239. The molecule has 7 nitrogen and oxygen atoms in total. The first-order valence-electron chi connectivity index (χ1n) is 9.75. The van der Waals surface area contributed by atoms with Gasteiger partial charge in [-0.3, -0.25) is 0 Å². The maximum absolute atomic E-state index is 10.4. The lowest BCUT2D eigenvalue weighted by Gasteiger charge is -2.40. The Morgan fingerprint density at radius 2 is 1.92 bits per heavy atom. The Balaban J connectivity index is 1.34. The summed E-state index contributed by atoms with van der Waals surface area (Å²) in [5, 5.41) is 27.2. The van der Waals surface area contributed by atoms with E-state index in [-0.39, 0.29) is 5.41 Å². The lowest BCUT2D eigenvalue weighted by Crippen LogP contribution is -2.52. The summed E-state index contributed by atoms with van der Waals surface area (Å²) in [6.07, 6.45) is 4.19. The highest BCUT2D eigenvalue weighted by atomic mass is 16.3. The number of nitrogens with zero attached hydrogens (tertiary/aromatic N) is 5. The van der Waals surface area contributed by atoms with Crippen molar-refractivity contribution in [2.75, 3.05) is 31.1 Å². The highest BCUT2D eigenvalue weighted by molar-refractivity contribution is 5.47. The second kappa shape index (κ2) is 6.46. The zero-order chi connectivity index (χ0) is 18.4. The van der Waals surface area contributed by atoms with E-state index >= 15 is 0 Å². The number of rotatable bonds is 5. The van der Waals surface area contributed by atoms with Crippen LogP contribution in [0.3, 0.4) is 0 Å². The molecular weight excluding hydrogens is 328 g/mol. The summed E-state index contributed by atoms with van der Waals surface area (Å²) < 4.78 is 1.87. The highest BCUT2D eigenvalue weighted by Gasteiger charge is 2.32. The van der Waals surface area contributed by atoms with E-state index in [1.807, 2.05) is 16.6 Å². The predicted molar refractivity (Wildman–Crippen MR) is 101 cm³/mol. The van der Waals surface area contributed by atoms with Gasteiger partial charge in [-0.2, -0.15) is 4.52 Å². The third kappa shape index (κ3) is 3.42. The van der Waals surface area contributed by atoms with Gasteiger partial charge in [0.15, 0.2) is 11.5 Å². The van der Waals surface area contributed by atoms with Gasteiger partial charge in [-0.25, -0.2) is 0 Å². The van der Waals surface area contributed by atoms with Crippen molar-refractivity contribution in [3.05, 3.63) is 18.0 Å². The molecule has 0 unspecified atom stereocenters. The molecule has 1 aliphatic heterocycles. The van der Waals surface area contributed by atoms with Gasteiger partial charge in [-0.05, 0) is 25.0 Å². The molecule has 0 atom stereocenters. The van der Waals surface area contributed by atoms with Crippen LogP contribution >= 0.6 is 0 Å². The Morgan fingerprint density at radius 3 is 2.62 bits per heavy atom. The monoisotopic (exact) mass is 358 g/mol. The van der Waals surface area contributed by atoms with E-state index in [0.717, 1.165) is 69.2 Å². The Bertz CT molecular complexity index is 768. The molecule has 26 heavy (non-hydrogen) atoms. The van der Waals surface area contributed by atoms with Gasteiger partial charge < -0.3 is 15.3 Å². The van der Waals surface area contributed by atoms with Gasteiger partial charge in [0.2, 0.25) is 0 Å². The number of nitrogens with one attached hydrogen (secondary N) is 1. The molecule has 2 aromatic rings. The standard InChI is InChI=1S/C19H30N6O/c1-18(2,3)17-22-21-15-6-7-16(23-25(15)17)24-11-14(12-24)10-20-13-19(26)8-4-5-9-19/h6-7,14,20,26H,4-5,8-13H2,1-3H3. The van der Waals surface area contributed by atoms with Crippen molar-refractivity contribution >= 4 is 11.5 Å². The topological polar surface area (TPSA) is 78.6 Å². The van der Waals surface area contributed by atoms with Crippen molar-refractivity contribution in [2.24, 2.45) is 5.92 Å². The van der Waals surface area contributed by atoms with Crippen LogP contribution in [-0.2, 0) is 5.41 Å². The summed E-state index contributed by atoms with van der Waals surface area (Å²) in [6.45, 7) is 10.1. The largest absolute Gasteiger partial charge is 0.389 e. The minimum atomic E-state index is -0.464. The van der Waals surface area contributed by atoms with Crippen molar-refractivity contribution in [2.45, 2.75) is 57.5 Å². The summed E-state index contributed by atoms with van der Waals surface area (Å²) >= 11 is 0. The molecule has 0 bridgehead atoms. The second-order valence-electron chi connectivity index (χ2n) is 9.07. The maximum Gasteiger partial charge on any atom is 0.178 e. The molecule has 2 N–H and O–H groups in total. The molecule has 4 rings (SSSR count). The van der Waals surface area contributed by atoms with Gasteiger partial charge in [-0.1, -0.05) is 33.6 Å². The number of anilines is 1. The van der Waals surface area contributed by atoms with Gasteiger partial charge in [0.1, 0.15) is 5.82 Å². The van der Waals surface area contributed by atoms with Crippen molar-refractivity contribution < 1.29 is 5.11 Å². The van der Waals surface area contributed by atoms with Crippen LogP contribution in [0.25, 0.3) is 5.65 Å². The summed E-state index contributed by atoms with van der Waals surface area (Å²) in [7, 11) is 0. The summed E-state index contributed by atoms with van der Waals surface area (Å²) in [6, 6.07) is 4.02. The second-order valence-corrected chi connectivity index (χ2v) is 9.07. The Morgan fingerprint density at radius 1 is 1.19 bits per heavy atom. The van der Waals surface area contributed by atoms with Crippen molar-refractivity contribution in [3.8, 4) is 0 Å². The van der Waals surface area contributed by atoms with Crippen LogP contribution in [0.4, 0.5) is 5.82 Å². The Hall–Kier alpha value is -1.73. The van der Waals surface area contributed by atoms with Crippen LogP contribution in [0.15, 0.2) is 12.1 Å². The zero-order valence-corrected chi connectivity index (χ0v) is 16.1.